The van der Waals surface area contributed by atoms with Crippen LogP contribution >= 0.6 is 0 Å². The van der Waals surface area contributed by atoms with Gasteiger partial charge in [-0.05, 0) is 30.2 Å². The van der Waals surface area contributed by atoms with Gasteiger partial charge >= 0.3 is 5.97 Å². The number of nitrogens with zero attached hydrogens (tertiary/aromatic N) is 1. The van der Waals surface area contributed by atoms with Crippen molar-refractivity contribution in [1.29, 1.82) is 0 Å². The van der Waals surface area contributed by atoms with Gasteiger partial charge in [0, 0.05) is 24.1 Å². The van der Waals surface area contributed by atoms with Gasteiger partial charge in [0.1, 0.15) is 11.6 Å². The van der Waals surface area contributed by atoms with Crippen molar-refractivity contribution in [2.75, 3.05) is 0 Å². The molecular formula is C18H16N2O4. The molecule has 0 saturated carbocycles. The molecular weight excluding hydrogens is 308 g/mol. The van der Waals surface area contributed by atoms with E-state index in [4.69, 9.17) is 4.74 Å². The molecule has 1 atom stereocenters. The van der Waals surface area contributed by atoms with E-state index in [0.29, 0.717) is 16.5 Å². The molecule has 1 heterocycles. The molecule has 0 aliphatic rings. The van der Waals surface area contributed by atoms with Gasteiger partial charge in [-0.2, -0.15) is 0 Å². The Balaban J connectivity index is 2.15. The Labute approximate surface area is 138 Å². The van der Waals surface area contributed by atoms with Gasteiger partial charge in [0.2, 0.25) is 0 Å². The van der Waals surface area contributed by atoms with E-state index in [1.807, 2.05) is 36.4 Å². The number of aromatic nitrogens is 1. The van der Waals surface area contributed by atoms with Crippen LogP contribution in [0.5, 0.6) is 0 Å². The Bertz CT molecular complexity index is 915. The zero-order valence-electron chi connectivity index (χ0n) is 13.3. The molecule has 1 unspecified atom stereocenters. The Hall–Kier alpha value is -3.15. The lowest BCUT2D eigenvalue weighted by atomic mass is 10.1. The number of esters is 1. The Morgan fingerprint density at radius 1 is 1.21 bits per heavy atom. The number of nitro groups is 1. The topological polar surface area (TPSA) is 85.2 Å². The van der Waals surface area contributed by atoms with E-state index in [1.54, 1.807) is 13.0 Å². The first-order valence-electron chi connectivity index (χ1n) is 7.49. The molecule has 122 valence electrons. The molecule has 0 saturated heterocycles. The van der Waals surface area contributed by atoms with E-state index >= 15 is 0 Å². The average molecular weight is 324 g/mol. The smallest absolute Gasteiger partial charge is 0.303 e. The molecule has 1 N–H and O–H groups in total. The van der Waals surface area contributed by atoms with E-state index in [0.717, 1.165) is 11.3 Å². The van der Waals surface area contributed by atoms with Crippen LogP contribution in [0.2, 0.25) is 0 Å². The third-order valence-electron chi connectivity index (χ3n) is 3.82. The van der Waals surface area contributed by atoms with Gasteiger partial charge in [-0.25, -0.2) is 0 Å². The summed E-state index contributed by atoms with van der Waals surface area (Å²) >= 11 is 0. The van der Waals surface area contributed by atoms with Gasteiger partial charge in [0.15, 0.2) is 0 Å². The molecule has 1 aromatic heterocycles. The summed E-state index contributed by atoms with van der Waals surface area (Å²) in [5.41, 5.74) is 2.74. The van der Waals surface area contributed by atoms with Gasteiger partial charge in [-0.3, -0.25) is 14.9 Å². The molecule has 0 radical (unpaired) electrons. The van der Waals surface area contributed by atoms with Crippen LogP contribution in [0.4, 0.5) is 5.69 Å². The number of fused-ring (bicyclic) bond motifs is 1. The van der Waals surface area contributed by atoms with Crippen molar-refractivity contribution >= 4 is 22.6 Å². The first kappa shape index (κ1) is 15.7. The fourth-order valence-corrected chi connectivity index (χ4v) is 2.72. The largest absolute Gasteiger partial charge is 0.458 e. The van der Waals surface area contributed by atoms with Crippen LogP contribution in [0, 0.1) is 10.1 Å². The van der Waals surface area contributed by atoms with E-state index in [2.05, 4.69) is 4.98 Å². The maximum absolute atomic E-state index is 11.4. The third-order valence-corrected chi connectivity index (χ3v) is 3.82. The van der Waals surface area contributed by atoms with Crippen LogP contribution < -0.4 is 0 Å². The van der Waals surface area contributed by atoms with Gasteiger partial charge in [-0.15, -0.1) is 0 Å². The van der Waals surface area contributed by atoms with Crippen molar-refractivity contribution in [2.45, 2.75) is 20.0 Å². The predicted octanol–water partition coefficient (Wildman–Crippen LogP) is 4.37. The summed E-state index contributed by atoms with van der Waals surface area (Å²) in [6.45, 7) is 3.00. The molecule has 24 heavy (non-hydrogen) atoms. The first-order chi connectivity index (χ1) is 11.5. The predicted molar refractivity (Wildman–Crippen MR) is 90.6 cm³/mol. The van der Waals surface area contributed by atoms with Crippen LogP contribution in [0.1, 0.15) is 25.5 Å². The molecule has 0 bridgehead atoms. The fraction of sp³-hybridized carbons (Fsp3) is 0.167. The lowest BCUT2D eigenvalue weighted by Crippen LogP contribution is -2.05. The molecule has 3 rings (SSSR count). The number of rotatable bonds is 4. The van der Waals surface area contributed by atoms with Gasteiger partial charge in [-0.1, -0.05) is 30.3 Å². The quantitative estimate of drug-likeness (QED) is 0.439. The summed E-state index contributed by atoms with van der Waals surface area (Å²) in [5, 5.41) is 12.1. The van der Waals surface area contributed by atoms with Crippen molar-refractivity contribution < 1.29 is 14.5 Å². The molecule has 0 aliphatic heterocycles. The number of benzene rings is 2. The number of carbonyl (C=O) groups excluding carboxylic acids is 1. The number of nitrogens with one attached hydrogen (secondary N) is 1. The summed E-state index contributed by atoms with van der Waals surface area (Å²) in [4.78, 5) is 25.3. The second-order valence-electron chi connectivity index (χ2n) is 5.56. The fourth-order valence-electron chi connectivity index (χ4n) is 2.72. The lowest BCUT2D eigenvalue weighted by Gasteiger charge is -2.12. The van der Waals surface area contributed by atoms with Crippen LogP contribution in [-0.4, -0.2) is 15.9 Å². The number of carbonyl (C=O) groups is 1. The Morgan fingerprint density at radius 2 is 1.92 bits per heavy atom. The Kier molecular flexibility index (Phi) is 4.04. The maximum atomic E-state index is 11.4. The monoisotopic (exact) mass is 324 g/mol. The van der Waals surface area contributed by atoms with E-state index in [-0.39, 0.29) is 5.69 Å². The highest BCUT2D eigenvalue weighted by Crippen LogP contribution is 2.33. The molecule has 0 fully saturated rings. The average Bonchev–Trinajstić information content (AvgIpc) is 2.97. The third kappa shape index (κ3) is 2.99. The lowest BCUT2D eigenvalue weighted by molar-refractivity contribution is -0.383. The standard InChI is InChI=1S/C18H16N2O4/c1-11(24-12(2)21)14-8-15-9-16(13-6-4-3-5-7-13)19-18(15)17(10-14)20(22)23/h3-11,19H,1-2H3. The highest BCUT2D eigenvalue weighted by molar-refractivity contribution is 5.93. The van der Waals surface area contributed by atoms with Gasteiger partial charge in [0.05, 0.1) is 4.92 Å². The minimum atomic E-state index is -0.555. The van der Waals surface area contributed by atoms with E-state index in [9.17, 15) is 14.9 Å². The normalized spacial score (nSPS) is 12.1. The zero-order valence-corrected chi connectivity index (χ0v) is 13.3. The summed E-state index contributed by atoms with van der Waals surface area (Å²) in [5.74, 6) is -0.427. The molecule has 2 aromatic carbocycles. The second-order valence-corrected chi connectivity index (χ2v) is 5.56. The van der Waals surface area contributed by atoms with Gasteiger partial charge < -0.3 is 9.72 Å². The number of ether oxygens (including phenoxy) is 1. The number of non-ortho nitro benzene ring substituents is 1. The zero-order chi connectivity index (χ0) is 17.3. The molecule has 6 nitrogen and oxygen atoms in total. The second kappa shape index (κ2) is 6.16. The number of hydrogen-bond donors (Lipinski definition) is 1. The summed E-state index contributed by atoms with van der Waals surface area (Å²) in [6, 6.07) is 14.7. The molecule has 0 amide bonds. The molecule has 0 spiro atoms. The van der Waals surface area contributed by atoms with Crippen LogP contribution in [0.3, 0.4) is 0 Å². The van der Waals surface area contributed by atoms with Crippen LogP contribution in [0.15, 0.2) is 48.5 Å². The van der Waals surface area contributed by atoms with Crippen molar-refractivity contribution in [1.82, 2.24) is 4.98 Å². The number of aromatic amines is 1. The van der Waals surface area contributed by atoms with Crippen molar-refractivity contribution in [2.24, 2.45) is 0 Å². The minimum absolute atomic E-state index is 0.0383. The molecule has 3 aromatic rings. The maximum Gasteiger partial charge on any atom is 0.303 e. The minimum Gasteiger partial charge on any atom is -0.458 e. The summed E-state index contributed by atoms with van der Waals surface area (Å²) in [6.07, 6.45) is -0.555. The highest BCUT2D eigenvalue weighted by atomic mass is 16.6. The highest BCUT2D eigenvalue weighted by Gasteiger charge is 2.20. The van der Waals surface area contributed by atoms with Crippen LogP contribution in [-0.2, 0) is 9.53 Å². The van der Waals surface area contributed by atoms with Crippen molar-refractivity contribution in [3.8, 4) is 11.3 Å². The van der Waals surface area contributed by atoms with Crippen LogP contribution in [0.25, 0.3) is 22.2 Å². The van der Waals surface area contributed by atoms with Crippen molar-refractivity contribution in [3.05, 3.63) is 64.2 Å². The first-order valence-corrected chi connectivity index (χ1v) is 7.49. The molecule has 6 heteroatoms. The summed E-state index contributed by atoms with van der Waals surface area (Å²) in [7, 11) is 0. The number of hydrogen-bond acceptors (Lipinski definition) is 4. The van der Waals surface area contributed by atoms with E-state index < -0.39 is 17.0 Å². The molecule has 0 aliphatic carbocycles. The SMILES string of the molecule is CC(=O)OC(C)c1cc([N+](=O)[O-])c2[nH]c(-c3ccccc3)cc2c1. The number of H-pyrrole nitrogens is 1. The van der Waals surface area contributed by atoms with E-state index in [1.165, 1.54) is 13.0 Å². The van der Waals surface area contributed by atoms with Gasteiger partial charge in [0.25, 0.3) is 5.69 Å². The number of nitro benzene ring substituents is 1. The Morgan fingerprint density at radius 3 is 2.54 bits per heavy atom. The van der Waals surface area contributed by atoms with Crippen molar-refractivity contribution in [3.63, 3.8) is 0 Å². The summed E-state index contributed by atoms with van der Waals surface area (Å²) < 4.78 is 5.14.